The van der Waals surface area contributed by atoms with E-state index in [-0.39, 0.29) is 11.9 Å². The summed E-state index contributed by atoms with van der Waals surface area (Å²) in [4.78, 5) is 14.9. The van der Waals surface area contributed by atoms with E-state index in [9.17, 15) is 4.79 Å². The Hall–Kier alpha value is -1.75. The second-order valence-corrected chi connectivity index (χ2v) is 7.20. The molecule has 5 heteroatoms. The minimum Gasteiger partial charge on any atom is -0.493 e. The quantitative estimate of drug-likeness (QED) is 0.767. The summed E-state index contributed by atoms with van der Waals surface area (Å²) in [6, 6.07) is 5.64. The molecule has 0 aliphatic carbocycles. The lowest BCUT2D eigenvalue weighted by molar-refractivity contribution is -0.126. The van der Waals surface area contributed by atoms with Crippen molar-refractivity contribution in [2.24, 2.45) is 5.92 Å². The van der Waals surface area contributed by atoms with E-state index >= 15 is 0 Å². The van der Waals surface area contributed by atoms with E-state index in [1.165, 1.54) is 32.1 Å². The first-order chi connectivity index (χ1) is 12.6. The highest BCUT2D eigenvalue weighted by molar-refractivity contribution is 5.81. The maximum absolute atomic E-state index is 12.6. The van der Waals surface area contributed by atoms with Crippen LogP contribution < -0.4 is 14.8 Å². The van der Waals surface area contributed by atoms with Crippen molar-refractivity contribution < 1.29 is 14.3 Å². The molecule has 1 saturated heterocycles. The van der Waals surface area contributed by atoms with Gasteiger partial charge in [-0.2, -0.15) is 0 Å². The molecule has 0 radical (unpaired) electrons. The smallest absolute Gasteiger partial charge is 0.237 e. The van der Waals surface area contributed by atoms with Crippen LogP contribution in [0.5, 0.6) is 11.5 Å². The van der Waals surface area contributed by atoms with Gasteiger partial charge in [0.2, 0.25) is 5.91 Å². The summed E-state index contributed by atoms with van der Waals surface area (Å²) < 4.78 is 10.6. The van der Waals surface area contributed by atoms with E-state index in [1.54, 1.807) is 14.2 Å². The summed E-state index contributed by atoms with van der Waals surface area (Å²) in [5.74, 6) is 2.30. The summed E-state index contributed by atoms with van der Waals surface area (Å²) >= 11 is 0. The first-order valence-corrected chi connectivity index (χ1v) is 9.81. The lowest BCUT2D eigenvalue weighted by atomic mass is 9.96. The third-order valence-electron chi connectivity index (χ3n) is 5.42. The molecule has 0 aromatic heterocycles. The highest BCUT2D eigenvalue weighted by atomic mass is 16.5. The molecule has 0 spiro atoms. The molecule has 1 amide bonds. The van der Waals surface area contributed by atoms with Gasteiger partial charge in [-0.25, -0.2) is 0 Å². The summed E-state index contributed by atoms with van der Waals surface area (Å²) in [7, 11) is 3.24. The molecule has 0 bridgehead atoms. The topological polar surface area (TPSA) is 50.8 Å². The lowest BCUT2D eigenvalue weighted by Crippen LogP contribution is -2.45. The minimum atomic E-state index is -0.0875. The van der Waals surface area contributed by atoms with E-state index in [4.69, 9.17) is 9.47 Å². The van der Waals surface area contributed by atoms with Gasteiger partial charge in [0, 0.05) is 6.54 Å². The number of amides is 1. The van der Waals surface area contributed by atoms with Crippen molar-refractivity contribution in [2.75, 3.05) is 27.3 Å². The van der Waals surface area contributed by atoms with E-state index in [0.717, 1.165) is 24.6 Å². The molecule has 1 N–H and O–H groups in total. The molecule has 2 atom stereocenters. The molecule has 2 unspecified atom stereocenters. The molecule has 1 heterocycles. The average Bonchev–Trinajstić information content (AvgIpc) is 2.91. The van der Waals surface area contributed by atoms with Crippen LogP contribution in [0, 0.1) is 5.92 Å². The Bertz CT molecular complexity index is 576. The van der Waals surface area contributed by atoms with Crippen molar-refractivity contribution in [2.45, 2.75) is 58.5 Å². The second-order valence-electron chi connectivity index (χ2n) is 7.20. The van der Waals surface area contributed by atoms with Crippen molar-refractivity contribution in [1.29, 1.82) is 0 Å². The molecule has 1 aliphatic heterocycles. The van der Waals surface area contributed by atoms with Gasteiger partial charge in [-0.1, -0.05) is 25.8 Å². The van der Waals surface area contributed by atoms with Crippen molar-refractivity contribution >= 4 is 5.91 Å². The van der Waals surface area contributed by atoms with Crippen molar-refractivity contribution in [3.63, 3.8) is 0 Å². The Balaban J connectivity index is 1.87. The van der Waals surface area contributed by atoms with Crippen molar-refractivity contribution in [1.82, 2.24) is 10.2 Å². The number of methoxy groups -OCH3 is 2. The molecule has 2 rings (SSSR count). The summed E-state index contributed by atoms with van der Waals surface area (Å²) in [5.41, 5.74) is 1.00. The van der Waals surface area contributed by atoms with Gasteiger partial charge in [0.05, 0.1) is 20.3 Å². The molecule has 1 aromatic rings. The highest BCUT2D eigenvalue weighted by Crippen LogP contribution is 2.27. The van der Waals surface area contributed by atoms with Gasteiger partial charge < -0.3 is 14.8 Å². The number of ether oxygens (including phenoxy) is 2. The largest absolute Gasteiger partial charge is 0.493 e. The number of benzene rings is 1. The molecular weight excluding hydrogens is 328 g/mol. The Morgan fingerprint density at radius 3 is 2.69 bits per heavy atom. The number of carbonyl (C=O) groups is 1. The maximum Gasteiger partial charge on any atom is 0.237 e. The number of nitrogens with zero attached hydrogens (tertiary/aromatic N) is 1. The van der Waals surface area contributed by atoms with Gasteiger partial charge in [0.25, 0.3) is 0 Å². The number of nitrogens with one attached hydrogen (secondary N) is 1. The van der Waals surface area contributed by atoms with E-state index in [0.29, 0.717) is 18.0 Å². The fourth-order valence-corrected chi connectivity index (χ4v) is 3.77. The van der Waals surface area contributed by atoms with Gasteiger partial charge >= 0.3 is 0 Å². The number of likely N-dealkylation sites (tertiary alicyclic amines) is 1. The zero-order chi connectivity index (χ0) is 18.9. The second kappa shape index (κ2) is 10.4. The van der Waals surface area contributed by atoms with E-state index < -0.39 is 0 Å². The van der Waals surface area contributed by atoms with Crippen LogP contribution in [0.4, 0.5) is 0 Å². The Morgan fingerprint density at radius 1 is 1.23 bits per heavy atom. The van der Waals surface area contributed by atoms with E-state index in [2.05, 4.69) is 17.1 Å². The van der Waals surface area contributed by atoms with Crippen LogP contribution >= 0.6 is 0 Å². The summed E-state index contributed by atoms with van der Waals surface area (Å²) in [5, 5.41) is 3.06. The molecule has 5 nitrogen and oxygen atoms in total. The predicted octanol–water partition coefficient (Wildman–Crippen LogP) is 3.61. The molecule has 1 aromatic carbocycles. The molecule has 26 heavy (non-hydrogen) atoms. The minimum absolute atomic E-state index is 0.0875. The monoisotopic (exact) mass is 362 g/mol. The van der Waals surface area contributed by atoms with Gasteiger partial charge in [-0.3, -0.25) is 9.69 Å². The van der Waals surface area contributed by atoms with Gasteiger partial charge in [-0.05, 0) is 62.9 Å². The highest BCUT2D eigenvalue weighted by Gasteiger charge is 2.24. The molecule has 1 aliphatic rings. The van der Waals surface area contributed by atoms with Gasteiger partial charge in [-0.15, -0.1) is 0 Å². The van der Waals surface area contributed by atoms with Crippen LogP contribution in [0.15, 0.2) is 18.2 Å². The maximum atomic E-state index is 12.6. The number of carbonyl (C=O) groups excluding carboxylic acids is 1. The summed E-state index contributed by atoms with van der Waals surface area (Å²) in [6.45, 7) is 6.81. The average molecular weight is 363 g/mol. The normalized spacial score (nSPS) is 19.5. The Kier molecular flexibility index (Phi) is 8.23. The third-order valence-corrected chi connectivity index (χ3v) is 5.42. The van der Waals surface area contributed by atoms with Crippen LogP contribution in [-0.4, -0.2) is 44.2 Å². The first-order valence-electron chi connectivity index (χ1n) is 9.81. The molecule has 0 saturated carbocycles. The number of hydrogen-bond acceptors (Lipinski definition) is 4. The fourth-order valence-electron chi connectivity index (χ4n) is 3.77. The van der Waals surface area contributed by atoms with Gasteiger partial charge in [0.1, 0.15) is 0 Å². The van der Waals surface area contributed by atoms with Crippen LogP contribution in [0.2, 0.25) is 0 Å². The standard InChI is InChI=1S/C21H34N2O3/c1-5-7-17-8-6-12-23(13-11-17)16(2)21(24)22-15-18-9-10-19(25-3)20(14-18)26-4/h9-10,14,16-17H,5-8,11-13,15H2,1-4H3,(H,22,24). The Labute approximate surface area is 158 Å². The third kappa shape index (κ3) is 5.63. The lowest BCUT2D eigenvalue weighted by Gasteiger charge is -2.26. The van der Waals surface area contributed by atoms with E-state index in [1.807, 2.05) is 25.1 Å². The van der Waals surface area contributed by atoms with Crippen molar-refractivity contribution in [3.05, 3.63) is 23.8 Å². The molecular formula is C21H34N2O3. The van der Waals surface area contributed by atoms with Crippen LogP contribution in [-0.2, 0) is 11.3 Å². The van der Waals surface area contributed by atoms with Crippen LogP contribution in [0.25, 0.3) is 0 Å². The zero-order valence-corrected chi connectivity index (χ0v) is 16.7. The summed E-state index contributed by atoms with van der Waals surface area (Å²) in [6.07, 6.45) is 6.27. The van der Waals surface area contributed by atoms with Crippen molar-refractivity contribution in [3.8, 4) is 11.5 Å². The SMILES string of the molecule is CCCC1CCCN(C(C)C(=O)NCc2ccc(OC)c(OC)c2)CC1. The van der Waals surface area contributed by atoms with Crippen LogP contribution in [0.1, 0.15) is 51.5 Å². The molecule has 146 valence electrons. The fraction of sp³-hybridized carbons (Fsp3) is 0.667. The zero-order valence-electron chi connectivity index (χ0n) is 16.7. The van der Waals surface area contributed by atoms with Crippen LogP contribution in [0.3, 0.4) is 0 Å². The number of hydrogen-bond donors (Lipinski definition) is 1. The predicted molar refractivity (Wildman–Crippen MR) is 105 cm³/mol. The molecule has 1 fully saturated rings. The Morgan fingerprint density at radius 2 is 2.00 bits per heavy atom. The van der Waals surface area contributed by atoms with Gasteiger partial charge in [0.15, 0.2) is 11.5 Å². The first kappa shape index (κ1) is 20.6. The number of rotatable bonds is 8.